The largest absolute Gasteiger partial charge is 0.504 e. The molecule has 0 saturated heterocycles. The zero-order valence-electron chi connectivity index (χ0n) is 11.9. The van der Waals surface area contributed by atoms with Gasteiger partial charge >= 0.3 is 0 Å². The Morgan fingerprint density at radius 3 is 2.43 bits per heavy atom. The summed E-state index contributed by atoms with van der Waals surface area (Å²) < 4.78 is 0. The van der Waals surface area contributed by atoms with Crippen LogP contribution in [-0.4, -0.2) is 20.3 Å². The van der Waals surface area contributed by atoms with Crippen LogP contribution in [-0.2, 0) is 0 Å². The maximum Gasteiger partial charge on any atom is 0.159 e. The highest BCUT2D eigenvalue weighted by molar-refractivity contribution is 5.88. The van der Waals surface area contributed by atoms with Crippen LogP contribution in [0.15, 0.2) is 42.5 Å². The first-order chi connectivity index (χ1) is 11.1. The lowest BCUT2D eigenvalue weighted by Gasteiger charge is -2.03. The zero-order chi connectivity index (χ0) is 16.4. The average molecular weight is 304 g/mol. The summed E-state index contributed by atoms with van der Waals surface area (Å²) in [6.45, 7) is 0. The van der Waals surface area contributed by atoms with Crippen LogP contribution in [0.1, 0.15) is 16.8 Å². The molecule has 0 radical (unpaired) electrons. The number of benzene rings is 2. The van der Waals surface area contributed by atoms with Gasteiger partial charge in [-0.3, -0.25) is 0 Å². The smallest absolute Gasteiger partial charge is 0.159 e. The number of nitrogens with zero attached hydrogens (tertiary/aromatic N) is 2. The quantitative estimate of drug-likeness (QED) is 0.630. The van der Waals surface area contributed by atoms with E-state index in [4.69, 9.17) is 5.26 Å². The van der Waals surface area contributed by atoms with E-state index in [2.05, 4.69) is 4.98 Å². The number of rotatable bonds is 2. The molecule has 0 aliphatic carbocycles. The monoisotopic (exact) mass is 304 g/mol. The van der Waals surface area contributed by atoms with E-state index in [0.717, 1.165) is 5.39 Å². The summed E-state index contributed by atoms with van der Waals surface area (Å²) in [6.07, 6.45) is 3.43. The summed E-state index contributed by atoms with van der Waals surface area (Å²) >= 11 is 0. The minimum atomic E-state index is -0.199. The number of hydrogen-bond donors (Lipinski definition) is 3. The van der Waals surface area contributed by atoms with Crippen LogP contribution < -0.4 is 0 Å². The number of nitriles is 1. The van der Waals surface area contributed by atoms with Crippen molar-refractivity contribution in [2.75, 3.05) is 0 Å². The normalized spacial score (nSPS) is 10.9. The van der Waals surface area contributed by atoms with Crippen LogP contribution in [0.5, 0.6) is 17.2 Å². The lowest BCUT2D eigenvalue weighted by molar-refractivity contribution is 0.403. The standard InChI is InChI=1S/C18H12N2O3/c19-10-13-4-3-12-5-7-14(20-17(12)18(13)23)6-1-11-2-8-15(21)16(22)9-11/h1-9,21-23H/b6-1+. The Kier molecular flexibility index (Phi) is 3.57. The van der Waals surface area contributed by atoms with Crippen molar-refractivity contribution in [3.05, 3.63) is 59.3 Å². The fourth-order valence-electron chi connectivity index (χ4n) is 2.20. The van der Waals surface area contributed by atoms with E-state index in [1.165, 1.54) is 12.1 Å². The first-order valence-electron chi connectivity index (χ1n) is 6.81. The molecule has 5 nitrogen and oxygen atoms in total. The van der Waals surface area contributed by atoms with E-state index < -0.39 is 0 Å². The molecular formula is C18H12N2O3. The van der Waals surface area contributed by atoms with Gasteiger partial charge in [0.2, 0.25) is 0 Å². The summed E-state index contributed by atoms with van der Waals surface area (Å²) in [6, 6.07) is 13.3. The minimum absolute atomic E-state index is 0.137. The summed E-state index contributed by atoms with van der Waals surface area (Å²) in [5.74, 6) is -0.516. The molecule has 5 heteroatoms. The van der Waals surface area contributed by atoms with Crippen molar-refractivity contribution >= 4 is 23.1 Å². The second-order valence-electron chi connectivity index (χ2n) is 4.96. The van der Waals surface area contributed by atoms with Gasteiger partial charge in [-0.1, -0.05) is 24.3 Å². The zero-order valence-corrected chi connectivity index (χ0v) is 11.9. The van der Waals surface area contributed by atoms with Gasteiger partial charge in [0.25, 0.3) is 0 Å². The molecule has 1 heterocycles. The highest BCUT2D eigenvalue weighted by Gasteiger charge is 2.07. The van der Waals surface area contributed by atoms with Crippen molar-refractivity contribution in [1.29, 1.82) is 5.26 Å². The summed E-state index contributed by atoms with van der Waals surface area (Å²) in [5, 5.41) is 38.5. The van der Waals surface area contributed by atoms with Gasteiger partial charge in [-0.25, -0.2) is 4.98 Å². The van der Waals surface area contributed by atoms with E-state index in [1.54, 1.807) is 42.5 Å². The number of phenolic OH excluding ortho intramolecular Hbond substituents is 3. The predicted molar refractivity (Wildman–Crippen MR) is 86.8 cm³/mol. The van der Waals surface area contributed by atoms with Crippen LogP contribution >= 0.6 is 0 Å². The highest BCUT2D eigenvalue weighted by atomic mass is 16.3. The molecule has 0 unspecified atom stereocenters. The van der Waals surface area contributed by atoms with Gasteiger partial charge in [0, 0.05) is 5.39 Å². The number of hydrogen-bond acceptors (Lipinski definition) is 5. The van der Waals surface area contributed by atoms with E-state index >= 15 is 0 Å². The number of aromatic hydroxyl groups is 3. The molecule has 0 fully saturated rings. The fourth-order valence-corrected chi connectivity index (χ4v) is 2.20. The molecule has 0 bridgehead atoms. The van der Waals surface area contributed by atoms with Gasteiger partial charge in [0.05, 0.1) is 11.3 Å². The Morgan fingerprint density at radius 1 is 0.913 bits per heavy atom. The minimum Gasteiger partial charge on any atom is -0.504 e. The fraction of sp³-hybridized carbons (Fsp3) is 0. The predicted octanol–water partition coefficient (Wildman–Crippen LogP) is 3.39. The highest BCUT2D eigenvalue weighted by Crippen LogP contribution is 2.28. The summed E-state index contributed by atoms with van der Waals surface area (Å²) in [4.78, 5) is 4.34. The number of pyridine rings is 1. The second kappa shape index (κ2) is 5.70. The van der Waals surface area contributed by atoms with Crippen LogP contribution in [0.4, 0.5) is 0 Å². The van der Waals surface area contributed by atoms with Crippen molar-refractivity contribution in [1.82, 2.24) is 4.98 Å². The van der Waals surface area contributed by atoms with Gasteiger partial charge in [-0.15, -0.1) is 0 Å². The molecule has 3 aromatic rings. The van der Waals surface area contributed by atoms with E-state index in [-0.39, 0.29) is 22.8 Å². The molecule has 0 aliphatic rings. The number of fused-ring (bicyclic) bond motifs is 1. The molecule has 1 aromatic heterocycles. The van der Waals surface area contributed by atoms with Crippen LogP contribution in [0.25, 0.3) is 23.1 Å². The summed E-state index contributed by atoms with van der Waals surface area (Å²) in [5.41, 5.74) is 1.82. The molecule has 0 saturated carbocycles. The van der Waals surface area contributed by atoms with Crippen LogP contribution in [0.2, 0.25) is 0 Å². The first-order valence-corrected chi connectivity index (χ1v) is 6.81. The first kappa shape index (κ1) is 14.4. The molecule has 0 atom stereocenters. The SMILES string of the molecule is N#Cc1ccc2ccc(/C=C/c3ccc(O)c(O)c3)nc2c1O. The third kappa shape index (κ3) is 2.78. The van der Waals surface area contributed by atoms with E-state index in [0.29, 0.717) is 16.8 Å². The molecule has 112 valence electrons. The Morgan fingerprint density at radius 2 is 1.70 bits per heavy atom. The van der Waals surface area contributed by atoms with Gasteiger partial charge < -0.3 is 15.3 Å². The maximum absolute atomic E-state index is 10.1. The lowest BCUT2D eigenvalue weighted by Crippen LogP contribution is -1.86. The molecule has 0 aliphatic heterocycles. The maximum atomic E-state index is 10.1. The Hall–Kier alpha value is -3.52. The molecule has 3 rings (SSSR count). The molecule has 0 amide bonds. The molecule has 0 spiro atoms. The topological polar surface area (TPSA) is 97.4 Å². The molecular weight excluding hydrogens is 292 g/mol. The Labute approximate surface area is 132 Å². The van der Waals surface area contributed by atoms with Crippen molar-refractivity contribution < 1.29 is 15.3 Å². The van der Waals surface area contributed by atoms with Crippen molar-refractivity contribution in [2.45, 2.75) is 0 Å². The Bertz CT molecular complexity index is 972. The van der Waals surface area contributed by atoms with Gasteiger partial charge in [0.1, 0.15) is 11.6 Å². The number of phenols is 3. The lowest BCUT2D eigenvalue weighted by atomic mass is 10.1. The van der Waals surface area contributed by atoms with Crippen LogP contribution in [0.3, 0.4) is 0 Å². The molecule has 2 aromatic carbocycles. The molecule has 3 N–H and O–H groups in total. The average Bonchev–Trinajstić information content (AvgIpc) is 2.56. The van der Waals surface area contributed by atoms with Crippen molar-refractivity contribution in [3.8, 4) is 23.3 Å². The van der Waals surface area contributed by atoms with Crippen molar-refractivity contribution in [2.24, 2.45) is 0 Å². The van der Waals surface area contributed by atoms with Crippen LogP contribution in [0, 0.1) is 11.3 Å². The number of aromatic nitrogens is 1. The third-order valence-corrected chi connectivity index (χ3v) is 3.42. The van der Waals surface area contributed by atoms with Gasteiger partial charge in [-0.05, 0) is 35.9 Å². The van der Waals surface area contributed by atoms with Gasteiger partial charge in [0.15, 0.2) is 17.2 Å². The third-order valence-electron chi connectivity index (χ3n) is 3.42. The molecule has 23 heavy (non-hydrogen) atoms. The van der Waals surface area contributed by atoms with Gasteiger partial charge in [-0.2, -0.15) is 5.26 Å². The Balaban J connectivity index is 2.00. The van der Waals surface area contributed by atoms with Crippen molar-refractivity contribution in [3.63, 3.8) is 0 Å². The second-order valence-corrected chi connectivity index (χ2v) is 4.96. The summed E-state index contributed by atoms with van der Waals surface area (Å²) in [7, 11) is 0. The van der Waals surface area contributed by atoms with E-state index in [9.17, 15) is 15.3 Å². The van der Waals surface area contributed by atoms with E-state index in [1.807, 2.05) is 6.07 Å².